The molecule has 0 bridgehead atoms. The van der Waals surface area contributed by atoms with Crippen molar-refractivity contribution in [2.75, 3.05) is 5.73 Å². The first-order valence-corrected chi connectivity index (χ1v) is 7.30. The number of anilines is 1. The van der Waals surface area contributed by atoms with E-state index in [0.29, 0.717) is 11.3 Å². The van der Waals surface area contributed by atoms with Crippen LogP contribution in [-0.4, -0.2) is 20.6 Å². The van der Waals surface area contributed by atoms with Gasteiger partial charge in [0.1, 0.15) is 11.6 Å². The zero-order valence-corrected chi connectivity index (χ0v) is 13.5. The zero-order valence-electron chi connectivity index (χ0n) is 13.5. The van der Waals surface area contributed by atoms with Crippen molar-refractivity contribution >= 4 is 22.6 Å². The molecular formula is C17H17FN4O2. The van der Waals surface area contributed by atoms with Gasteiger partial charge in [-0.05, 0) is 32.4 Å². The zero-order chi connectivity index (χ0) is 17.8. The smallest absolute Gasteiger partial charge is 0.253 e. The molecule has 2 aromatic heterocycles. The average Bonchev–Trinajstić information content (AvgIpc) is 2.81. The molecule has 0 aliphatic heterocycles. The van der Waals surface area contributed by atoms with E-state index in [1.807, 2.05) is 6.92 Å². The summed E-state index contributed by atoms with van der Waals surface area (Å²) in [6, 6.07) is 3.24. The highest BCUT2D eigenvalue weighted by Gasteiger charge is 2.25. The van der Waals surface area contributed by atoms with Crippen molar-refractivity contribution in [1.29, 1.82) is 0 Å². The summed E-state index contributed by atoms with van der Waals surface area (Å²) >= 11 is 0. The van der Waals surface area contributed by atoms with Gasteiger partial charge in [-0.15, -0.1) is 0 Å². The monoisotopic (exact) mass is 328 g/mol. The Morgan fingerprint density at radius 2 is 1.96 bits per heavy atom. The fraction of sp³-hybridized carbons (Fsp3) is 0.176. The van der Waals surface area contributed by atoms with Crippen molar-refractivity contribution in [3.63, 3.8) is 0 Å². The van der Waals surface area contributed by atoms with E-state index in [9.17, 15) is 14.3 Å². The van der Waals surface area contributed by atoms with Crippen LogP contribution in [0.15, 0.2) is 18.3 Å². The second kappa shape index (κ2) is 5.23. The van der Waals surface area contributed by atoms with E-state index in [1.165, 1.54) is 17.7 Å². The lowest BCUT2D eigenvalue weighted by atomic mass is 10.1. The number of carbonyl (C=O) groups is 1. The first kappa shape index (κ1) is 15.8. The Morgan fingerprint density at radius 1 is 1.29 bits per heavy atom. The van der Waals surface area contributed by atoms with Crippen molar-refractivity contribution in [3.05, 3.63) is 46.5 Å². The molecule has 124 valence electrons. The first-order chi connectivity index (χ1) is 11.3. The van der Waals surface area contributed by atoms with E-state index in [4.69, 9.17) is 11.5 Å². The number of amides is 1. The summed E-state index contributed by atoms with van der Waals surface area (Å²) in [5.41, 5.74) is 13.7. The molecule has 0 unspecified atom stereocenters. The summed E-state index contributed by atoms with van der Waals surface area (Å²) in [6.45, 7) is 5.02. The molecule has 3 rings (SSSR count). The molecule has 0 atom stereocenters. The number of carbonyl (C=O) groups excluding carboxylic acids is 1. The number of hydrogen-bond acceptors (Lipinski definition) is 4. The van der Waals surface area contributed by atoms with Crippen LogP contribution in [0.4, 0.5) is 10.2 Å². The predicted molar refractivity (Wildman–Crippen MR) is 89.8 cm³/mol. The molecule has 0 aliphatic rings. The van der Waals surface area contributed by atoms with Gasteiger partial charge < -0.3 is 16.6 Å². The highest BCUT2D eigenvalue weighted by Crippen LogP contribution is 2.37. The third kappa shape index (κ3) is 2.01. The highest BCUT2D eigenvalue weighted by molar-refractivity contribution is 6.11. The molecule has 1 aromatic carbocycles. The third-order valence-corrected chi connectivity index (χ3v) is 4.23. The number of aryl methyl sites for hydroxylation is 2. The number of rotatable bonds is 2. The minimum atomic E-state index is -0.767. The van der Waals surface area contributed by atoms with Gasteiger partial charge in [0.15, 0.2) is 5.82 Å². The van der Waals surface area contributed by atoms with Crippen LogP contribution in [-0.2, 0) is 0 Å². The van der Waals surface area contributed by atoms with E-state index in [-0.39, 0.29) is 33.7 Å². The predicted octanol–water partition coefficient (Wildman–Crippen LogP) is 2.48. The number of benzene rings is 1. The molecule has 2 heterocycles. The molecule has 0 saturated heterocycles. The van der Waals surface area contributed by atoms with E-state index >= 15 is 0 Å². The summed E-state index contributed by atoms with van der Waals surface area (Å²) in [5, 5.41) is 10.3. The molecule has 0 saturated carbocycles. The van der Waals surface area contributed by atoms with Crippen LogP contribution in [0, 0.1) is 26.6 Å². The van der Waals surface area contributed by atoms with E-state index in [1.54, 1.807) is 19.1 Å². The van der Waals surface area contributed by atoms with Gasteiger partial charge in [0.2, 0.25) is 0 Å². The van der Waals surface area contributed by atoms with Crippen LogP contribution >= 0.6 is 0 Å². The second-order valence-electron chi connectivity index (χ2n) is 5.75. The number of hydrogen-bond donors (Lipinski definition) is 3. The van der Waals surface area contributed by atoms with Crippen molar-refractivity contribution in [3.8, 4) is 11.4 Å². The Kier molecular flexibility index (Phi) is 3.44. The van der Waals surface area contributed by atoms with Crippen LogP contribution in [0.2, 0.25) is 0 Å². The number of aromatic hydroxyl groups is 1. The van der Waals surface area contributed by atoms with Gasteiger partial charge >= 0.3 is 0 Å². The van der Waals surface area contributed by atoms with Gasteiger partial charge in [-0.2, -0.15) is 0 Å². The molecule has 0 aliphatic carbocycles. The van der Waals surface area contributed by atoms with Crippen molar-refractivity contribution in [2.24, 2.45) is 5.73 Å². The fourth-order valence-electron chi connectivity index (χ4n) is 3.00. The molecule has 0 radical (unpaired) electrons. The number of fused-ring (bicyclic) bond motifs is 1. The third-order valence-electron chi connectivity index (χ3n) is 4.23. The van der Waals surface area contributed by atoms with E-state index in [0.717, 1.165) is 5.56 Å². The topological polar surface area (TPSA) is 107 Å². The van der Waals surface area contributed by atoms with Crippen LogP contribution in [0.1, 0.15) is 27.2 Å². The van der Waals surface area contributed by atoms with Gasteiger partial charge in [-0.1, -0.05) is 6.07 Å². The van der Waals surface area contributed by atoms with Gasteiger partial charge in [0.25, 0.3) is 5.91 Å². The van der Waals surface area contributed by atoms with Crippen LogP contribution in [0.5, 0.6) is 5.75 Å². The summed E-state index contributed by atoms with van der Waals surface area (Å²) in [6.07, 6.45) is 1.38. The molecule has 24 heavy (non-hydrogen) atoms. The number of phenols is 1. The number of nitrogens with two attached hydrogens (primary N) is 2. The lowest BCUT2D eigenvalue weighted by molar-refractivity contribution is 0.100. The van der Waals surface area contributed by atoms with E-state index < -0.39 is 11.7 Å². The quantitative estimate of drug-likeness (QED) is 0.671. The largest absolute Gasteiger partial charge is 0.508 e. The summed E-state index contributed by atoms with van der Waals surface area (Å²) in [7, 11) is 0. The Morgan fingerprint density at radius 3 is 2.58 bits per heavy atom. The second-order valence-corrected chi connectivity index (χ2v) is 5.75. The molecule has 7 heteroatoms. The molecule has 6 nitrogen and oxygen atoms in total. The number of aromatic nitrogens is 2. The van der Waals surface area contributed by atoms with E-state index in [2.05, 4.69) is 4.98 Å². The molecule has 0 spiro atoms. The van der Waals surface area contributed by atoms with Gasteiger partial charge in [-0.25, -0.2) is 4.39 Å². The minimum absolute atomic E-state index is 0.0125. The lowest BCUT2D eigenvalue weighted by Crippen LogP contribution is -2.14. The Balaban J connectivity index is 2.59. The number of halogens is 1. The molecule has 5 N–H and O–H groups in total. The molecule has 3 aromatic rings. The maximum atomic E-state index is 14.8. The maximum Gasteiger partial charge on any atom is 0.253 e. The van der Waals surface area contributed by atoms with Crippen LogP contribution in [0.3, 0.4) is 0 Å². The Labute approximate surface area is 137 Å². The van der Waals surface area contributed by atoms with Gasteiger partial charge in [0.05, 0.1) is 22.5 Å². The highest BCUT2D eigenvalue weighted by atomic mass is 19.1. The summed E-state index contributed by atoms with van der Waals surface area (Å²) < 4.78 is 16.2. The Bertz CT molecular complexity index is 1010. The lowest BCUT2D eigenvalue weighted by Gasteiger charge is -2.16. The minimum Gasteiger partial charge on any atom is -0.508 e. The summed E-state index contributed by atoms with van der Waals surface area (Å²) in [5.74, 6) is -1.30. The van der Waals surface area contributed by atoms with Crippen molar-refractivity contribution < 1.29 is 14.3 Å². The average molecular weight is 328 g/mol. The summed E-state index contributed by atoms with van der Waals surface area (Å²) in [4.78, 5) is 15.8. The molecule has 0 fully saturated rings. The Hall–Kier alpha value is -3.09. The number of nitrogen functional groups attached to an aromatic ring is 1. The first-order valence-electron chi connectivity index (χ1n) is 7.30. The molecular weight excluding hydrogens is 311 g/mol. The normalized spacial score (nSPS) is 11.2. The standard InChI is InChI=1S/C17H17FN4O2/c1-7-4-5-11(23)8(2)14(7)22-15-10(6-21-9(3)13(15)18)12(16(22)19)17(20)24/h4-6,23H,19H2,1-3H3,(H2,20,24). The SMILES string of the molecule is Cc1ccc(O)c(C)c1-n1c(N)c(C(N)=O)c2cnc(C)c(F)c21. The number of nitrogens with zero attached hydrogens (tertiary/aromatic N) is 2. The van der Waals surface area contributed by atoms with Gasteiger partial charge in [0, 0.05) is 17.1 Å². The van der Waals surface area contributed by atoms with Crippen molar-refractivity contribution in [2.45, 2.75) is 20.8 Å². The number of phenolic OH excluding ortho intramolecular Hbond substituents is 1. The van der Waals surface area contributed by atoms with Crippen LogP contribution < -0.4 is 11.5 Å². The van der Waals surface area contributed by atoms with Crippen molar-refractivity contribution in [1.82, 2.24) is 9.55 Å². The molecule has 1 amide bonds. The van der Waals surface area contributed by atoms with Gasteiger partial charge in [-0.3, -0.25) is 14.3 Å². The van der Waals surface area contributed by atoms with Crippen LogP contribution in [0.25, 0.3) is 16.6 Å². The fourth-order valence-corrected chi connectivity index (χ4v) is 3.00. The number of primary amides is 1. The number of pyridine rings is 1. The maximum absolute atomic E-state index is 14.8.